The van der Waals surface area contributed by atoms with Gasteiger partial charge in [0.15, 0.2) is 5.78 Å². The lowest BCUT2D eigenvalue weighted by molar-refractivity contribution is -0.138. The Labute approximate surface area is 167 Å². The van der Waals surface area contributed by atoms with Gasteiger partial charge >= 0.3 is 5.97 Å². The third-order valence-electron chi connectivity index (χ3n) is 4.80. The van der Waals surface area contributed by atoms with E-state index < -0.39 is 11.4 Å². The summed E-state index contributed by atoms with van der Waals surface area (Å²) in [4.78, 5) is 30.3. The predicted molar refractivity (Wildman–Crippen MR) is 110 cm³/mol. The van der Waals surface area contributed by atoms with Crippen molar-refractivity contribution in [2.45, 2.75) is 53.4 Å². The Morgan fingerprint density at radius 3 is 2.68 bits per heavy atom. The van der Waals surface area contributed by atoms with Gasteiger partial charge in [0.25, 0.3) is 0 Å². The van der Waals surface area contributed by atoms with E-state index in [2.05, 4.69) is 17.8 Å². The first-order chi connectivity index (χ1) is 13.2. The molecule has 0 bridgehead atoms. The summed E-state index contributed by atoms with van der Waals surface area (Å²) in [5.74, 6) is -0.437. The highest BCUT2D eigenvalue weighted by Gasteiger charge is 2.45. The molecule has 5 nitrogen and oxygen atoms in total. The molecule has 1 aromatic carbocycles. The van der Waals surface area contributed by atoms with Crippen molar-refractivity contribution >= 4 is 17.5 Å². The molecule has 0 heterocycles. The molecule has 0 saturated carbocycles. The fourth-order valence-electron chi connectivity index (χ4n) is 3.72. The molecule has 28 heavy (non-hydrogen) atoms. The lowest BCUT2D eigenvalue weighted by atomic mass is 9.65. The Kier molecular flexibility index (Phi) is 6.95. The second-order valence-corrected chi connectivity index (χ2v) is 7.74. The lowest BCUT2D eigenvalue weighted by Gasteiger charge is -2.40. The van der Waals surface area contributed by atoms with Crippen molar-refractivity contribution in [1.82, 2.24) is 0 Å². The number of allylic oxidation sites excluding steroid dienone is 2. The van der Waals surface area contributed by atoms with Gasteiger partial charge in [0.1, 0.15) is 12.4 Å². The molecule has 0 aromatic heterocycles. The first kappa shape index (κ1) is 21.6. The number of Topliss-reactive ketones (excluding diaryl/α,β-unsaturated/α-hetero) is 1. The number of rotatable bonds is 7. The van der Waals surface area contributed by atoms with E-state index in [1.807, 2.05) is 45.9 Å². The van der Waals surface area contributed by atoms with Crippen LogP contribution in [0.5, 0.6) is 0 Å². The van der Waals surface area contributed by atoms with Crippen molar-refractivity contribution in [3.8, 4) is 0 Å². The van der Waals surface area contributed by atoms with Crippen molar-refractivity contribution in [1.29, 1.82) is 0 Å². The van der Waals surface area contributed by atoms with Crippen molar-refractivity contribution in [2.75, 3.05) is 6.61 Å². The number of carbonyl (C=O) groups excluding carboxylic acids is 2. The van der Waals surface area contributed by atoms with Gasteiger partial charge in [-0.25, -0.2) is 0 Å². The summed E-state index contributed by atoms with van der Waals surface area (Å²) in [5, 5.41) is 4.13. The predicted octanol–water partition coefficient (Wildman–Crippen LogP) is 4.86. The molecule has 150 valence electrons. The fourth-order valence-corrected chi connectivity index (χ4v) is 3.72. The molecule has 0 radical (unpaired) electrons. The summed E-state index contributed by atoms with van der Waals surface area (Å²) in [6.45, 7) is 13.1. The zero-order chi connectivity index (χ0) is 20.9. The maximum absolute atomic E-state index is 13.1. The second kappa shape index (κ2) is 9.00. The van der Waals surface area contributed by atoms with Crippen LogP contribution in [-0.2, 0) is 19.2 Å². The van der Waals surface area contributed by atoms with E-state index in [9.17, 15) is 9.59 Å². The molecule has 1 aliphatic carbocycles. The van der Waals surface area contributed by atoms with Crippen LogP contribution >= 0.6 is 0 Å². The molecule has 1 unspecified atom stereocenters. The van der Waals surface area contributed by atoms with Gasteiger partial charge in [-0.2, -0.15) is 0 Å². The average molecular weight is 383 g/mol. The molecule has 1 atom stereocenters. The smallest absolute Gasteiger partial charge is 0.307 e. The number of carbonyl (C=O) groups is 2. The molecular weight excluding hydrogens is 354 g/mol. The van der Waals surface area contributed by atoms with E-state index in [-0.39, 0.29) is 18.3 Å². The third kappa shape index (κ3) is 4.77. The number of ketones is 1. The van der Waals surface area contributed by atoms with Gasteiger partial charge in [0.2, 0.25) is 0 Å². The Morgan fingerprint density at radius 2 is 2.11 bits per heavy atom. The van der Waals surface area contributed by atoms with Crippen LogP contribution in [-0.4, -0.2) is 24.1 Å². The second-order valence-electron chi connectivity index (χ2n) is 7.74. The Bertz CT molecular complexity index is 833. The lowest BCUT2D eigenvalue weighted by Crippen LogP contribution is -2.37. The van der Waals surface area contributed by atoms with Crippen LogP contribution in [0.2, 0.25) is 0 Å². The summed E-state index contributed by atoms with van der Waals surface area (Å²) in [6.07, 6.45) is 2.38. The Morgan fingerprint density at radius 1 is 1.39 bits per heavy atom. The molecule has 1 aromatic rings. The number of ether oxygens (including phenoxy) is 1. The number of nitrogens with zero attached hydrogens (tertiary/aromatic N) is 1. The van der Waals surface area contributed by atoms with Crippen molar-refractivity contribution in [3.63, 3.8) is 0 Å². The largest absolute Gasteiger partial charge is 0.430 e. The van der Waals surface area contributed by atoms with Gasteiger partial charge in [-0.3, -0.25) is 9.59 Å². The highest BCUT2D eigenvalue weighted by molar-refractivity contribution is 6.23. The van der Waals surface area contributed by atoms with Crippen molar-refractivity contribution in [3.05, 3.63) is 59.4 Å². The van der Waals surface area contributed by atoms with Gasteiger partial charge in [0.05, 0.1) is 11.3 Å². The first-order valence-electron chi connectivity index (χ1n) is 9.53. The summed E-state index contributed by atoms with van der Waals surface area (Å²) in [6, 6.07) is 8.07. The standard InChI is InChI=1S/C23H29NO4/c1-7-12-27-24-18(8-2)20-19(26)14-23(5,6)21(22(20)28-16(4)25)17-11-9-10-15(3)13-17/h7,9-11,13,21H,1,8,12,14H2,2-6H3/b24-18-. The minimum atomic E-state index is -0.460. The molecule has 0 amide bonds. The van der Waals surface area contributed by atoms with Crippen LogP contribution in [0, 0.1) is 12.3 Å². The number of hydrogen-bond acceptors (Lipinski definition) is 5. The van der Waals surface area contributed by atoms with Crippen LogP contribution in [0.25, 0.3) is 0 Å². The summed E-state index contributed by atoms with van der Waals surface area (Å²) in [5.41, 5.74) is 2.53. The quantitative estimate of drug-likeness (QED) is 0.222. The molecule has 5 heteroatoms. The normalized spacial score (nSPS) is 19.4. The monoisotopic (exact) mass is 383 g/mol. The number of oxime groups is 1. The average Bonchev–Trinajstić information content (AvgIpc) is 2.58. The topological polar surface area (TPSA) is 65.0 Å². The van der Waals surface area contributed by atoms with Crippen LogP contribution < -0.4 is 0 Å². The molecule has 0 saturated heterocycles. The summed E-state index contributed by atoms with van der Waals surface area (Å²) in [7, 11) is 0. The van der Waals surface area contributed by atoms with E-state index in [1.165, 1.54) is 6.92 Å². The van der Waals surface area contributed by atoms with Gasteiger partial charge in [-0.05, 0) is 24.3 Å². The van der Waals surface area contributed by atoms with Crippen molar-refractivity contribution in [2.24, 2.45) is 10.6 Å². The number of aryl methyl sites for hydroxylation is 1. The molecule has 0 aliphatic heterocycles. The number of esters is 1. The van der Waals surface area contributed by atoms with Crippen LogP contribution in [0.15, 0.2) is 53.4 Å². The molecule has 0 fully saturated rings. The van der Waals surface area contributed by atoms with Crippen LogP contribution in [0.1, 0.15) is 57.6 Å². The maximum atomic E-state index is 13.1. The molecule has 2 rings (SSSR count). The zero-order valence-electron chi connectivity index (χ0n) is 17.4. The first-order valence-corrected chi connectivity index (χ1v) is 9.53. The van der Waals surface area contributed by atoms with E-state index in [4.69, 9.17) is 9.57 Å². The number of hydrogen-bond donors (Lipinski definition) is 0. The molecule has 1 aliphatic rings. The zero-order valence-corrected chi connectivity index (χ0v) is 17.4. The minimum Gasteiger partial charge on any atom is -0.430 e. The van der Waals surface area contributed by atoms with Gasteiger partial charge in [0, 0.05) is 19.3 Å². The molecule has 0 N–H and O–H groups in total. The minimum absolute atomic E-state index is 0.0899. The fraction of sp³-hybridized carbons (Fsp3) is 0.435. The highest BCUT2D eigenvalue weighted by atomic mass is 16.6. The van der Waals surface area contributed by atoms with E-state index in [0.717, 1.165) is 11.1 Å². The van der Waals surface area contributed by atoms with E-state index in [1.54, 1.807) is 6.08 Å². The highest BCUT2D eigenvalue weighted by Crippen LogP contribution is 2.49. The van der Waals surface area contributed by atoms with Gasteiger partial charge in [-0.1, -0.05) is 68.4 Å². The third-order valence-corrected chi connectivity index (χ3v) is 4.80. The van der Waals surface area contributed by atoms with Crippen LogP contribution in [0.4, 0.5) is 0 Å². The van der Waals surface area contributed by atoms with E-state index in [0.29, 0.717) is 29.9 Å². The van der Waals surface area contributed by atoms with Crippen LogP contribution in [0.3, 0.4) is 0 Å². The Balaban J connectivity index is 2.73. The molecular formula is C23H29NO4. The number of benzene rings is 1. The van der Waals surface area contributed by atoms with Gasteiger partial charge < -0.3 is 9.57 Å². The van der Waals surface area contributed by atoms with E-state index >= 15 is 0 Å². The van der Waals surface area contributed by atoms with Gasteiger partial charge in [-0.15, -0.1) is 0 Å². The summed E-state index contributed by atoms with van der Waals surface area (Å²) >= 11 is 0. The summed E-state index contributed by atoms with van der Waals surface area (Å²) < 4.78 is 5.67. The molecule has 0 spiro atoms. The Hall–Kier alpha value is -2.69. The maximum Gasteiger partial charge on any atom is 0.307 e. The SMILES string of the molecule is C=CCO/N=C(/CC)C1=C(OC(C)=O)C(c2cccc(C)c2)C(C)(C)CC1=O. The van der Waals surface area contributed by atoms with Crippen molar-refractivity contribution < 1.29 is 19.2 Å².